The molecule has 27 heavy (non-hydrogen) atoms. The fourth-order valence-corrected chi connectivity index (χ4v) is 2.79. The third-order valence-electron chi connectivity index (χ3n) is 4.71. The Kier molecular flexibility index (Phi) is 10.9. The molecular weight excluding hydrogens is 346 g/mol. The van der Waals surface area contributed by atoms with E-state index in [9.17, 15) is 20.1 Å². The van der Waals surface area contributed by atoms with Gasteiger partial charge in [-0.1, -0.05) is 49.8 Å². The molecule has 0 aliphatic carbocycles. The van der Waals surface area contributed by atoms with Gasteiger partial charge >= 0.3 is 5.97 Å². The van der Waals surface area contributed by atoms with E-state index in [-0.39, 0.29) is 6.42 Å². The van der Waals surface area contributed by atoms with Crippen LogP contribution in [0.2, 0.25) is 0 Å². The molecule has 0 saturated carbocycles. The molecule has 0 spiro atoms. The van der Waals surface area contributed by atoms with E-state index in [1.165, 1.54) is 11.1 Å². The number of aliphatic hydroxyl groups excluding tert-OH is 3. The smallest absolute Gasteiger partial charge is 0.323 e. The Balaban J connectivity index is 2.16. The van der Waals surface area contributed by atoms with Crippen molar-refractivity contribution in [2.45, 2.75) is 76.2 Å². The summed E-state index contributed by atoms with van der Waals surface area (Å²) in [6, 6.07) is 7.11. The number of allylic oxidation sites excluding steroid dienone is 1. The summed E-state index contributed by atoms with van der Waals surface area (Å²) in [6.45, 7) is 2.15. The van der Waals surface area contributed by atoms with Gasteiger partial charge in [-0.05, 0) is 49.7 Å². The second-order valence-electron chi connectivity index (χ2n) is 6.89. The Morgan fingerprint density at radius 3 is 2.22 bits per heavy atom. The van der Waals surface area contributed by atoms with Crippen LogP contribution in [0.15, 0.2) is 36.4 Å². The number of benzene rings is 1. The highest BCUT2D eigenvalue weighted by Crippen LogP contribution is 2.11. The molecule has 4 atom stereocenters. The van der Waals surface area contributed by atoms with Gasteiger partial charge in [0, 0.05) is 0 Å². The van der Waals surface area contributed by atoms with Crippen molar-refractivity contribution in [2.75, 3.05) is 0 Å². The Labute approximate surface area is 161 Å². The lowest BCUT2D eigenvalue weighted by Crippen LogP contribution is -2.51. The number of aryl methyl sites for hydroxylation is 2. The lowest BCUT2D eigenvalue weighted by Gasteiger charge is -2.24. The first-order valence-corrected chi connectivity index (χ1v) is 9.62. The van der Waals surface area contributed by atoms with Gasteiger partial charge in [-0.15, -0.1) is 0 Å². The molecule has 0 fully saturated rings. The topological polar surface area (TPSA) is 124 Å². The minimum absolute atomic E-state index is 0.133. The molecule has 6 heteroatoms. The zero-order chi connectivity index (χ0) is 20.2. The molecule has 6 N–H and O–H groups in total. The monoisotopic (exact) mass is 379 g/mol. The zero-order valence-electron chi connectivity index (χ0n) is 16.0. The van der Waals surface area contributed by atoms with E-state index < -0.39 is 30.3 Å². The van der Waals surface area contributed by atoms with E-state index in [0.717, 1.165) is 38.5 Å². The second-order valence-corrected chi connectivity index (χ2v) is 6.89. The summed E-state index contributed by atoms with van der Waals surface area (Å²) >= 11 is 0. The highest BCUT2D eigenvalue weighted by Gasteiger charge is 2.32. The van der Waals surface area contributed by atoms with Crippen LogP contribution in [0.25, 0.3) is 0 Å². The predicted octanol–water partition coefficient (Wildman–Crippen LogP) is 1.79. The molecule has 6 nitrogen and oxygen atoms in total. The van der Waals surface area contributed by atoms with Crippen molar-refractivity contribution in [3.63, 3.8) is 0 Å². The summed E-state index contributed by atoms with van der Waals surface area (Å²) in [5, 5.41) is 37.9. The molecule has 0 aromatic heterocycles. The van der Waals surface area contributed by atoms with Crippen LogP contribution in [0.3, 0.4) is 0 Å². The number of aliphatic carboxylic acids is 1. The fraction of sp³-hybridized carbons (Fsp3) is 0.571. The van der Waals surface area contributed by atoms with Gasteiger partial charge in [-0.3, -0.25) is 4.79 Å². The fourth-order valence-electron chi connectivity index (χ4n) is 2.79. The Morgan fingerprint density at radius 1 is 1.00 bits per heavy atom. The molecule has 0 saturated heterocycles. The first kappa shape index (κ1) is 23.3. The summed E-state index contributed by atoms with van der Waals surface area (Å²) in [5.41, 5.74) is 7.95. The van der Waals surface area contributed by atoms with Crippen LogP contribution in [0.4, 0.5) is 0 Å². The van der Waals surface area contributed by atoms with E-state index >= 15 is 0 Å². The number of rotatable bonds is 13. The predicted molar refractivity (Wildman–Crippen MR) is 105 cm³/mol. The van der Waals surface area contributed by atoms with E-state index in [0.29, 0.717) is 0 Å². The molecule has 0 radical (unpaired) electrons. The number of aliphatic hydroxyl groups is 3. The molecule has 1 rings (SSSR count). The number of hydrogen-bond acceptors (Lipinski definition) is 5. The van der Waals surface area contributed by atoms with Crippen molar-refractivity contribution >= 4 is 5.97 Å². The molecular formula is C21H33NO5. The van der Waals surface area contributed by atoms with Gasteiger partial charge in [-0.2, -0.15) is 0 Å². The van der Waals surface area contributed by atoms with Crippen LogP contribution >= 0.6 is 0 Å². The molecule has 0 aliphatic heterocycles. The van der Waals surface area contributed by atoms with Crippen LogP contribution < -0.4 is 5.73 Å². The van der Waals surface area contributed by atoms with Crippen molar-refractivity contribution in [1.29, 1.82) is 0 Å². The van der Waals surface area contributed by atoms with Gasteiger partial charge < -0.3 is 26.2 Å². The molecule has 0 amide bonds. The molecule has 0 heterocycles. The quantitative estimate of drug-likeness (QED) is 0.263. The first-order chi connectivity index (χ1) is 12.9. The number of hydrogen-bond donors (Lipinski definition) is 5. The lowest BCUT2D eigenvalue weighted by atomic mass is 9.99. The average molecular weight is 379 g/mol. The van der Waals surface area contributed by atoms with Crippen LogP contribution in [0.1, 0.15) is 50.2 Å². The number of carbonyl (C=O) groups is 1. The molecule has 152 valence electrons. The number of nitrogens with two attached hydrogens (primary N) is 1. The largest absolute Gasteiger partial charge is 0.480 e. The van der Waals surface area contributed by atoms with Crippen molar-refractivity contribution in [2.24, 2.45) is 5.73 Å². The standard InChI is InChI=1S/C21H33NO5/c1-2-15-11-13-16(14-12-15)9-7-5-3-4-6-8-10-17(23)19(24)20(25)18(22)21(26)27/h6,8,11-14,17-20,23-25H,2-5,7,9-10,22H2,1H3,(H,26,27)/b8-6-. The Hall–Kier alpha value is -1.73. The third-order valence-corrected chi connectivity index (χ3v) is 4.71. The lowest BCUT2D eigenvalue weighted by molar-refractivity contribution is -0.145. The van der Waals surface area contributed by atoms with Crippen molar-refractivity contribution < 1.29 is 25.2 Å². The van der Waals surface area contributed by atoms with Gasteiger partial charge in [0.1, 0.15) is 18.2 Å². The van der Waals surface area contributed by atoms with E-state index in [2.05, 4.69) is 31.2 Å². The molecule has 1 aromatic carbocycles. The molecule has 1 aromatic rings. The normalized spacial score (nSPS) is 16.2. The second kappa shape index (κ2) is 12.6. The van der Waals surface area contributed by atoms with Gasteiger partial charge in [0.25, 0.3) is 0 Å². The van der Waals surface area contributed by atoms with E-state index in [1.807, 2.05) is 6.08 Å². The summed E-state index contributed by atoms with van der Waals surface area (Å²) in [7, 11) is 0. The maximum atomic E-state index is 10.7. The van der Waals surface area contributed by atoms with Gasteiger partial charge in [0.15, 0.2) is 0 Å². The van der Waals surface area contributed by atoms with Crippen molar-refractivity contribution in [1.82, 2.24) is 0 Å². The number of unbranched alkanes of at least 4 members (excludes halogenated alkanes) is 3. The van der Waals surface area contributed by atoms with Crippen LogP contribution in [-0.2, 0) is 17.6 Å². The van der Waals surface area contributed by atoms with Gasteiger partial charge in [0.05, 0.1) is 6.10 Å². The minimum Gasteiger partial charge on any atom is -0.480 e. The Morgan fingerprint density at radius 2 is 1.63 bits per heavy atom. The van der Waals surface area contributed by atoms with Crippen LogP contribution in [0.5, 0.6) is 0 Å². The molecule has 4 unspecified atom stereocenters. The number of carboxylic acids is 1. The number of carboxylic acid groups (broad SMARTS) is 1. The van der Waals surface area contributed by atoms with E-state index in [1.54, 1.807) is 6.08 Å². The van der Waals surface area contributed by atoms with Gasteiger partial charge in [-0.25, -0.2) is 0 Å². The summed E-state index contributed by atoms with van der Waals surface area (Å²) in [4.78, 5) is 10.7. The minimum atomic E-state index is -1.71. The average Bonchev–Trinajstić information content (AvgIpc) is 2.68. The maximum absolute atomic E-state index is 10.7. The SMILES string of the molecule is CCc1ccc(CCCCC/C=C\CC(O)C(O)C(O)C(N)C(=O)O)cc1. The van der Waals surface area contributed by atoms with E-state index in [4.69, 9.17) is 10.8 Å². The summed E-state index contributed by atoms with van der Waals surface area (Å²) < 4.78 is 0. The maximum Gasteiger partial charge on any atom is 0.323 e. The first-order valence-electron chi connectivity index (χ1n) is 9.62. The van der Waals surface area contributed by atoms with Crippen LogP contribution in [0, 0.1) is 0 Å². The van der Waals surface area contributed by atoms with Crippen molar-refractivity contribution in [3.8, 4) is 0 Å². The highest BCUT2D eigenvalue weighted by atomic mass is 16.4. The molecule has 0 aliphatic rings. The van der Waals surface area contributed by atoms with Gasteiger partial charge in [0.2, 0.25) is 0 Å². The highest BCUT2D eigenvalue weighted by molar-refractivity contribution is 5.74. The zero-order valence-corrected chi connectivity index (χ0v) is 16.0. The summed E-state index contributed by atoms with van der Waals surface area (Å²) in [5.74, 6) is -1.43. The summed E-state index contributed by atoms with van der Waals surface area (Å²) in [6.07, 6.45) is 5.50. The Bertz CT molecular complexity index is 572. The third kappa shape index (κ3) is 8.67. The molecule has 0 bridgehead atoms. The van der Waals surface area contributed by atoms with Crippen LogP contribution in [-0.4, -0.2) is 50.7 Å². The van der Waals surface area contributed by atoms with Crippen molar-refractivity contribution in [3.05, 3.63) is 47.5 Å².